The summed E-state index contributed by atoms with van der Waals surface area (Å²) in [6, 6.07) is 6.75. The average Bonchev–Trinajstić information content (AvgIpc) is 2.58. The van der Waals surface area contributed by atoms with Crippen LogP contribution in [0.1, 0.15) is 0 Å². The maximum absolute atomic E-state index is 12.3. The van der Waals surface area contributed by atoms with Crippen molar-refractivity contribution in [2.75, 3.05) is 14.2 Å². The Bertz CT molecular complexity index is 963. The van der Waals surface area contributed by atoms with Gasteiger partial charge in [0.2, 0.25) is 5.75 Å². The van der Waals surface area contributed by atoms with Crippen molar-refractivity contribution < 1.29 is 29.2 Å². The minimum Gasteiger partial charge on any atom is -0.504 e. The number of hydrogen-bond acceptors (Lipinski definition) is 7. The van der Waals surface area contributed by atoms with E-state index in [0.29, 0.717) is 5.56 Å². The fourth-order valence-corrected chi connectivity index (χ4v) is 2.40. The monoisotopic (exact) mass is 330 g/mol. The summed E-state index contributed by atoms with van der Waals surface area (Å²) >= 11 is 0. The van der Waals surface area contributed by atoms with Gasteiger partial charge < -0.3 is 29.2 Å². The molecule has 24 heavy (non-hydrogen) atoms. The van der Waals surface area contributed by atoms with Gasteiger partial charge >= 0.3 is 0 Å². The van der Waals surface area contributed by atoms with Gasteiger partial charge in [-0.25, -0.2) is 0 Å². The number of ether oxygens (including phenoxy) is 2. The number of hydrogen-bond donors (Lipinski definition) is 3. The normalized spacial score (nSPS) is 10.8. The molecule has 0 saturated carbocycles. The zero-order chi connectivity index (χ0) is 17.4. The van der Waals surface area contributed by atoms with Crippen molar-refractivity contribution in [3.8, 4) is 40.1 Å². The van der Waals surface area contributed by atoms with Gasteiger partial charge in [0, 0.05) is 11.6 Å². The van der Waals surface area contributed by atoms with Gasteiger partial charge in [0.1, 0.15) is 16.7 Å². The van der Waals surface area contributed by atoms with E-state index in [9.17, 15) is 20.1 Å². The number of methoxy groups -OCH3 is 2. The summed E-state index contributed by atoms with van der Waals surface area (Å²) in [6.07, 6.45) is 0. The lowest BCUT2D eigenvalue weighted by atomic mass is 10.1. The Morgan fingerprint density at radius 2 is 1.54 bits per heavy atom. The van der Waals surface area contributed by atoms with Crippen molar-refractivity contribution in [2.24, 2.45) is 0 Å². The van der Waals surface area contributed by atoms with Crippen molar-refractivity contribution in [3.05, 3.63) is 40.6 Å². The number of phenols is 3. The highest BCUT2D eigenvalue weighted by molar-refractivity contribution is 5.87. The van der Waals surface area contributed by atoms with E-state index in [0.717, 1.165) is 0 Å². The molecule has 3 N–H and O–H groups in total. The topological polar surface area (TPSA) is 109 Å². The molecule has 0 unspecified atom stereocenters. The smallest absolute Gasteiger partial charge is 0.200 e. The second-order valence-electron chi connectivity index (χ2n) is 5.01. The molecule has 0 aliphatic carbocycles. The molecule has 3 rings (SSSR count). The second kappa shape index (κ2) is 5.69. The highest BCUT2D eigenvalue weighted by Crippen LogP contribution is 2.41. The summed E-state index contributed by atoms with van der Waals surface area (Å²) in [7, 11) is 2.77. The fourth-order valence-electron chi connectivity index (χ4n) is 2.40. The van der Waals surface area contributed by atoms with E-state index in [1.807, 2.05) is 0 Å². The molecule has 2 aromatic carbocycles. The van der Waals surface area contributed by atoms with Crippen molar-refractivity contribution in [1.82, 2.24) is 0 Å². The first kappa shape index (κ1) is 15.5. The van der Waals surface area contributed by atoms with Crippen LogP contribution in [0.15, 0.2) is 39.5 Å². The molecule has 7 nitrogen and oxygen atoms in total. The predicted octanol–water partition coefficient (Wildman–Crippen LogP) is 2.59. The number of fused-ring (bicyclic) bond motifs is 1. The first-order valence-corrected chi connectivity index (χ1v) is 6.90. The van der Waals surface area contributed by atoms with Crippen molar-refractivity contribution in [1.29, 1.82) is 0 Å². The molecule has 0 spiro atoms. The Morgan fingerprint density at radius 1 is 0.917 bits per heavy atom. The van der Waals surface area contributed by atoms with Gasteiger partial charge in [0.15, 0.2) is 28.4 Å². The van der Waals surface area contributed by atoms with Gasteiger partial charge in [-0.2, -0.15) is 0 Å². The van der Waals surface area contributed by atoms with E-state index in [1.54, 1.807) is 0 Å². The number of rotatable bonds is 3. The van der Waals surface area contributed by atoms with Crippen LogP contribution in [0.5, 0.6) is 28.7 Å². The summed E-state index contributed by atoms with van der Waals surface area (Å²) in [5.41, 5.74) is 0.0255. The molecular formula is C17H14O7. The maximum atomic E-state index is 12.3. The van der Waals surface area contributed by atoms with E-state index in [-0.39, 0.29) is 34.0 Å². The molecular weight excluding hydrogens is 316 g/mol. The average molecular weight is 330 g/mol. The summed E-state index contributed by atoms with van der Waals surface area (Å²) in [6.45, 7) is 0. The number of phenolic OH excluding ortho intramolecular Hbond substituents is 3. The van der Waals surface area contributed by atoms with Crippen LogP contribution in [0, 0.1) is 0 Å². The minimum absolute atomic E-state index is 0.110. The van der Waals surface area contributed by atoms with Gasteiger partial charge in [-0.3, -0.25) is 4.79 Å². The zero-order valence-electron chi connectivity index (χ0n) is 12.9. The molecule has 0 atom stereocenters. The molecule has 0 aliphatic heterocycles. The number of benzene rings is 2. The van der Waals surface area contributed by atoms with Gasteiger partial charge in [0.05, 0.1) is 14.2 Å². The molecule has 0 radical (unpaired) electrons. The Morgan fingerprint density at radius 3 is 2.12 bits per heavy atom. The third kappa shape index (κ3) is 2.36. The van der Waals surface area contributed by atoms with Crippen LogP contribution < -0.4 is 14.9 Å². The van der Waals surface area contributed by atoms with E-state index in [4.69, 9.17) is 13.9 Å². The van der Waals surface area contributed by atoms with Crippen LogP contribution in [-0.2, 0) is 0 Å². The SMILES string of the molecule is COc1cc(-c2cc(=O)c3c(O)c(O)ccc3o2)cc(OC)c1O. The third-order valence-corrected chi connectivity index (χ3v) is 3.61. The van der Waals surface area contributed by atoms with Crippen LogP contribution in [0.25, 0.3) is 22.3 Å². The van der Waals surface area contributed by atoms with E-state index in [1.165, 1.54) is 44.6 Å². The van der Waals surface area contributed by atoms with Crippen molar-refractivity contribution in [3.63, 3.8) is 0 Å². The quantitative estimate of drug-likeness (QED) is 0.633. The summed E-state index contributed by atoms with van der Waals surface area (Å²) in [5.74, 6) is -0.617. The van der Waals surface area contributed by atoms with E-state index < -0.39 is 16.9 Å². The summed E-state index contributed by atoms with van der Waals surface area (Å²) < 4.78 is 15.8. The molecule has 0 saturated heterocycles. The van der Waals surface area contributed by atoms with E-state index in [2.05, 4.69) is 0 Å². The zero-order valence-corrected chi connectivity index (χ0v) is 12.9. The van der Waals surface area contributed by atoms with Crippen LogP contribution >= 0.6 is 0 Å². The molecule has 0 bridgehead atoms. The van der Waals surface area contributed by atoms with Crippen LogP contribution in [0.4, 0.5) is 0 Å². The Labute approximate surface area is 135 Å². The molecule has 0 fully saturated rings. The van der Waals surface area contributed by atoms with Crippen molar-refractivity contribution in [2.45, 2.75) is 0 Å². The highest BCUT2D eigenvalue weighted by Gasteiger charge is 2.17. The summed E-state index contributed by atoms with van der Waals surface area (Å²) in [5, 5.41) is 29.2. The Balaban J connectivity index is 2.28. The lowest BCUT2D eigenvalue weighted by Gasteiger charge is -2.11. The Hall–Kier alpha value is -3.35. The Kier molecular flexibility index (Phi) is 3.69. The van der Waals surface area contributed by atoms with Gasteiger partial charge in [-0.1, -0.05) is 0 Å². The predicted molar refractivity (Wildman–Crippen MR) is 86.0 cm³/mol. The summed E-state index contributed by atoms with van der Waals surface area (Å²) in [4.78, 5) is 12.3. The highest BCUT2D eigenvalue weighted by atomic mass is 16.5. The minimum atomic E-state index is -0.534. The molecule has 124 valence electrons. The van der Waals surface area contributed by atoms with Gasteiger partial charge in [-0.05, 0) is 24.3 Å². The van der Waals surface area contributed by atoms with Gasteiger partial charge in [0.25, 0.3) is 0 Å². The molecule has 0 aliphatic rings. The van der Waals surface area contributed by atoms with E-state index >= 15 is 0 Å². The fraction of sp³-hybridized carbons (Fsp3) is 0.118. The third-order valence-electron chi connectivity index (χ3n) is 3.61. The lowest BCUT2D eigenvalue weighted by Crippen LogP contribution is -2.01. The standard InChI is InChI=1S/C17H14O7/c1-22-13-5-8(6-14(23-2)17(13)21)12-7-10(19)15-11(24-12)4-3-9(18)16(15)20/h3-7,18,20-21H,1-2H3. The van der Waals surface area contributed by atoms with Gasteiger partial charge in [-0.15, -0.1) is 0 Å². The molecule has 1 aromatic heterocycles. The van der Waals surface area contributed by atoms with Crippen LogP contribution in [0.2, 0.25) is 0 Å². The molecule has 1 heterocycles. The first-order valence-electron chi connectivity index (χ1n) is 6.90. The molecule has 3 aromatic rings. The van der Waals surface area contributed by atoms with Crippen LogP contribution in [0.3, 0.4) is 0 Å². The first-order chi connectivity index (χ1) is 11.5. The van der Waals surface area contributed by atoms with Crippen molar-refractivity contribution >= 4 is 11.0 Å². The number of aromatic hydroxyl groups is 3. The second-order valence-corrected chi connectivity index (χ2v) is 5.01. The maximum Gasteiger partial charge on any atom is 0.200 e. The lowest BCUT2D eigenvalue weighted by molar-refractivity contribution is 0.340. The molecule has 0 amide bonds. The molecule has 7 heteroatoms. The largest absolute Gasteiger partial charge is 0.504 e. The van der Waals surface area contributed by atoms with Crippen LogP contribution in [-0.4, -0.2) is 29.5 Å².